The Morgan fingerprint density at radius 2 is 0.850 bits per heavy atom. The summed E-state index contributed by atoms with van der Waals surface area (Å²) in [7, 11) is 0. The van der Waals surface area contributed by atoms with Gasteiger partial charge in [-0.3, -0.25) is 0 Å². The van der Waals surface area contributed by atoms with Gasteiger partial charge in [-0.2, -0.15) is 10.2 Å². The van der Waals surface area contributed by atoms with Gasteiger partial charge >= 0.3 is 0 Å². The molecule has 0 aliphatic rings. The van der Waals surface area contributed by atoms with E-state index in [2.05, 4.69) is 62.2 Å². The van der Waals surface area contributed by atoms with Gasteiger partial charge in [-0.1, -0.05) is 60.7 Å². The number of benzene rings is 2. The number of azo groups is 1. The zero-order valence-electron chi connectivity index (χ0n) is 12.7. The summed E-state index contributed by atoms with van der Waals surface area (Å²) >= 11 is 0. The maximum Gasteiger partial charge on any atom is 0.101 e. The smallest absolute Gasteiger partial charge is 0.101 e. The zero-order chi connectivity index (χ0) is 14.6. The third-order valence-electron chi connectivity index (χ3n) is 3.51. The molecule has 2 heteroatoms. The summed E-state index contributed by atoms with van der Waals surface area (Å²) in [6.45, 7) is 8.36. The molecule has 2 rings (SSSR count). The Morgan fingerprint density at radius 3 is 1.15 bits per heavy atom. The van der Waals surface area contributed by atoms with Crippen LogP contribution < -0.4 is 0 Å². The molecule has 0 bridgehead atoms. The van der Waals surface area contributed by atoms with Crippen molar-refractivity contribution < 1.29 is 0 Å². The number of rotatable bonds is 4. The molecule has 0 fully saturated rings. The van der Waals surface area contributed by atoms with Crippen LogP contribution in [0.4, 0.5) is 0 Å². The van der Waals surface area contributed by atoms with E-state index in [0.29, 0.717) is 0 Å². The van der Waals surface area contributed by atoms with E-state index >= 15 is 0 Å². The van der Waals surface area contributed by atoms with E-state index in [-0.39, 0.29) is 11.1 Å². The van der Waals surface area contributed by atoms with Gasteiger partial charge in [-0.15, -0.1) is 0 Å². The molecule has 0 spiro atoms. The predicted molar refractivity (Wildman–Crippen MR) is 83.8 cm³/mol. The molecule has 0 aliphatic carbocycles. The lowest BCUT2D eigenvalue weighted by molar-refractivity contribution is 0.439. The second kappa shape index (κ2) is 5.58. The van der Waals surface area contributed by atoms with Crippen LogP contribution in [0.15, 0.2) is 70.9 Å². The lowest BCUT2D eigenvalue weighted by Gasteiger charge is -2.23. The van der Waals surface area contributed by atoms with Crippen LogP contribution in [0, 0.1) is 0 Å². The molecule has 0 N–H and O–H groups in total. The quantitative estimate of drug-likeness (QED) is 0.670. The topological polar surface area (TPSA) is 24.7 Å². The molecule has 0 saturated carbocycles. The first kappa shape index (κ1) is 14.4. The van der Waals surface area contributed by atoms with Crippen LogP contribution in [0.3, 0.4) is 0 Å². The summed E-state index contributed by atoms with van der Waals surface area (Å²) in [6.07, 6.45) is 0. The maximum absolute atomic E-state index is 4.60. The first-order valence-electron chi connectivity index (χ1n) is 6.97. The average molecular weight is 266 g/mol. The average Bonchev–Trinajstić information content (AvgIpc) is 2.47. The van der Waals surface area contributed by atoms with Crippen molar-refractivity contribution in [2.45, 2.75) is 38.8 Å². The molecule has 0 unspecified atom stereocenters. The van der Waals surface area contributed by atoms with Crippen molar-refractivity contribution in [2.24, 2.45) is 10.2 Å². The molecule has 0 saturated heterocycles. The molecule has 0 radical (unpaired) electrons. The van der Waals surface area contributed by atoms with E-state index in [0.717, 1.165) is 0 Å². The van der Waals surface area contributed by atoms with Crippen LogP contribution in [-0.2, 0) is 11.1 Å². The summed E-state index contributed by atoms with van der Waals surface area (Å²) in [6, 6.07) is 20.6. The number of nitrogens with zero attached hydrogens (tertiary/aromatic N) is 2. The molecule has 2 nitrogen and oxygen atoms in total. The molecule has 20 heavy (non-hydrogen) atoms. The minimum Gasteiger partial charge on any atom is -0.182 e. The fourth-order valence-corrected chi connectivity index (χ4v) is 2.06. The standard InChI is InChI=1S/C18H22N2/c1-17(2,15-11-7-5-8-12-15)19-20-18(3,4)16-13-9-6-10-14-16/h5-14H,1-4H3/b20-19+. The second-order valence-electron chi connectivity index (χ2n) is 6.05. The van der Waals surface area contributed by atoms with Gasteiger partial charge in [0.15, 0.2) is 0 Å². The SMILES string of the molecule is CC(C)(/N=N/C(C)(C)c1ccccc1)c1ccccc1. The summed E-state index contributed by atoms with van der Waals surface area (Å²) in [5.74, 6) is 0. The number of hydrogen-bond donors (Lipinski definition) is 0. The van der Waals surface area contributed by atoms with E-state index in [1.54, 1.807) is 0 Å². The van der Waals surface area contributed by atoms with Crippen molar-refractivity contribution in [1.82, 2.24) is 0 Å². The van der Waals surface area contributed by atoms with Gasteiger partial charge in [-0.25, -0.2) is 0 Å². The van der Waals surface area contributed by atoms with Crippen LogP contribution >= 0.6 is 0 Å². The summed E-state index contributed by atoms with van der Waals surface area (Å²) in [5, 5.41) is 9.20. The van der Waals surface area contributed by atoms with Crippen molar-refractivity contribution in [1.29, 1.82) is 0 Å². The summed E-state index contributed by atoms with van der Waals surface area (Å²) in [4.78, 5) is 0. The highest BCUT2D eigenvalue weighted by atomic mass is 15.2. The van der Waals surface area contributed by atoms with Gasteiger partial charge in [0.1, 0.15) is 11.1 Å². The Balaban J connectivity index is 2.24. The minimum atomic E-state index is -0.312. The number of hydrogen-bond acceptors (Lipinski definition) is 2. The predicted octanol–water partition coefficient (Wildman–Crippen LogP) is 5.31. The molecule has 0 amide bonds. The Kier molecular flexibility index (Phi) is 4.03. The Morgan fingerprint density at radius 1 is 0.550 bits per heavy atom. The fourth-order valence-electron chi connectivity index (χ4n) is 2.06. The van der Waals surface area contributed by atoms with Crippen LogP contribution in [0.2, 0.25) is 0 Å². The van der Waals surface area contributed by atoms with Crippen molar-refractivity contribution in [2.75, 3.05) is 0 Å². The van der Waals surface area contributed by atoms with Crippen LogP contribution in [0.5, 0.6) is 0 Å². The monoisotopic (exact) mass is 266 g/mol. The first-order valence-corrected chi connectivity index (χ1v) is 6.97. The van der Waals surface area contributed by atoms with Gasteiger partial charge in [0.05, 0.1) is 0 Å². The van der Waals surface area contributed by atoms with Gasteiger partial charge < -0.3 is 0 Å². The maximum atomic E-state index is 4.60. The van der Waals surface area contributed by atoms with Crippen LogP contribution in [-0.4, -0.2) is 0 Å². The highest BCUT2D eigenvalue weighted by Crippen LogP contribution is 2.30. The fraction of sp³-hybridized carbons (Fsp3) is 0.333. The Hall–Kier alpha value is -1.96. The molecule has 0 atom stereocenters. The van der Waals surface area contributed by atoms with Gasteiger partial charge in [-0.05, 0) is 38.8 Å². The van der Waals surface area contributed by atoms with E-state index in [1.807, 2.05) is 36.4 Å². The Labute approximate surface area is 121 Å². The molecule has 104 valence electrons. The highest BCUT2D eigenvalue weighted by Gasteiger charge is 2.24. The summed E-state index contributed by atoms with van der Waals surface area (Å²) in [5.41, 5.74) is 1.72. The third kappa shape index (κ3) is 3.32. The molecular weight excluding hydrogens is 244 g/mol. The molecule has 0 heterocycles. The van der Waals surface area contributed by atoms with E-state index in [1.165, 1.54) is 11.1 Å². The van der Waals surface area contributed by atoms with Crippen LogP contribution in [0.25, 0.3) is 0 Å². The zero-order valence-corrected chi connectivity index (χ0v) is 12.7. The van der Waals surface area contributed by atoms with Crippen molar-refractivity contribution >= 4 is 0 Å². The molecule has 0 aliphatic heterocycles. The third-order valence-corrected chi connectivity index (χ3v) is 3.51. The van der Waals surface area contributed by atoms with Crippen molar-refractivity contribution in [3.63, 3.8) is 0 Å². The van der Waals surface area contributed by atoms with E-state index in [4.69, 9.17) is 0 Å². The lowest BCUT2D eigenvalue weighted by Crippen LogP contribution is -2.18. The molecule has 0 aromatic heterocycles. The largest absolute Gasteiger partial charge is 0.182 e. The molecule has 2 aromatic rings. The van der Waals surface area contributed by atoms with Gasteiger partial charge in [0, 0.05) is 0 Å². The van der Waals surface area contributed by atoms with Gasteiger partial charge in [0.25, 0.3) is 0 Å². The van der Waals surface area contributed by atoms with Crippen LogP contribution in [0.1, 0.15) is 38.8 Å². The summed E-state index contributed by atoms with van der Waals surface area (Å²) < 4.78 is 0. The second-order valence-corrected chi connectivity index (χ2v) is 6.05. The van der Waals surface area contributed by atoms with Crippen molar-refractivity contribution in [3.8, 4) is 0 Å². The Bertz CT molecular complexity index is 515. The van der Waals surface area contributed by atoms with E-state index in [9.17, 15) is 0 Å². The normalized spacial score (nSPS) is 12.8. The molecule has 2 aromatic carbocycles. The lowest BCUT2D eigenvalue weighted by atomic mass is 9.94. The molecular formula is C18H22N2. The van der Waals surface area contributed by atoms with E-state index < -0.39 is 0 Å². The highest BCUT2D eigenvalue weighted by molar-refractivity contribution is 5.24. The van der Waals surface area contributed by atoms with Crippen molar-refractivity contribution in [3.05, 3.63) is 71.8 Å². The first-order chi connectivity index (χ1) is 9.42. The van der Waals surface area contributed by atoms with Gasteiger partial charge in [0.2, 0.25) is 0 Å². The minimum absolute atomic E-state index is 0.312.